The fourth-order valence-electron chi connectivity index (χ4n) is 2.42. The van der Waals surface area contributed by atoms with Crippen molar-refractivity contribution in [3.05, 3.63) is 0 Å². The van der Waals surface area contributed by atoms with Crippen LogP contribution in [0, 0.1) is 11.8 Å². The number of hydrogen-bond donors (Lipinski definition) is 1. The van der Waals surface area contributed by atoms with Crippen molar-refractivity contribution in [3.8, 4) is 0 Å². The number of nitrogens with zero attached hydrogens (tertiary/aromatic N) is 1. The minimum absolute atomic E-state index is 0.185. The van der Waals surface area contributed by atoms with Crippen LogP contribution in [0.4, 0.5) is 0 Å². The lowest BCUT2D eigenvalue weighted by molar-refractivity contribution is 0.0425. The molecular weight excluding hydrogens is 184 g/mol. The molecule has 2 nitrogen and oxygen atoms in total. The van der Waals surface area contributed by atoms with Crippen molar-refractivity contribution in [2.24, 2.45) is 17.6 Å². The van der Waals surface area contributed by atoms with Gasteiger partial charge in [0.2, 0.25) is 0 Å². The van der Waals surface area contributed by atoms with E-state index in [0.717, 1.165) is 19.0 Å². The second-order valence-electron chi connectivity index (χ2n) is 5.55. The van der Waals surface area contributed by atoms with Gasteiger partial charge in [-0.2, -0.15) is 0 Å². The maximum absolute atomic E-state index is 5.98. The monoisotopic (exact) mass is 212 g/mol. The second-order valence-corrected chi connectivity index (χ2v) is 5.55. The van der Waals surface area contributed by atoms with Crippen molar-refractivity contribution >= 4 is 0 Å². The zero-order valence-corrected chi connectivity index (χ0v) is 10.9. The molecule has 2 N–H and O–H groups in total. The van der Waals surface area contributed by atoms with Gasteiger partial charge in [0, 0.05) is 18.6 Å². The molecule has 0 saturated heterocycles. The van der Waals surface area contributed by atoms with Crippen LogP contribution in [0.3, 0.4) is 0 Å². The third-order valence-electron chi connectivity index (χ3n) is 4.46. The molecule has 0 aromatic rings. The summed E-state index contributed by atoms with van der Waals surface area (Å²) >= 11 is 0. The third-order valence-corrected chi connectivity index (χ3v) is 4.46. The molecule has 1 unspecified atom stereocenters. The molecule has 90 valence electrons. The fourth-order valence-corrected chi connectivity index (χ4v) is 2.42. The quantitative estimate of drug-likeness (QED) is 0.733. The Morgan fingerprint density at radius 3 is 2.27 bits per heavy atom. The first-order chi connectivity index (χ1) is 7.04. The van der Waals surface area contributed by atoms with Gasteiger partial charge in [0.15, 0.2) is 0 Å². The number of nitrogens with two attached hydrogens (primary N) is 1. The maximum atomic E-state index is 5.98. The first kappa shape index (κ1) is 13.0. The molecule has 1 fully saturated rings. The number of rotatable bonds is 6. The molecule has 2 heteroatoms. The smallest absolute Gasteiger partial charge is 0.0326 e. The molecule has 0 heterocycles. The van der Waals surface area contributed by atoms with Crippen LogP contribution < -0.4 is 5.73 Å². The highest BCUT2D eigenvalue weighted by molar-refractivity contribution is 4.91. The second kappa shape index (κ2) is 5.31. The Morgan fingerprint density at radius 2 is 2.00 bits per heavy atom. The molecule has 1 aliphatic carbocycles. The summed E-state index contributed by atoms with van der Waals surface area (Å²) < 4.78 is 0. The van der Waals surface area contributed by atoms with Gasteiger partial charge in [0.1, 0.15) is 0 Å². The molecule has 0 aromatic carbocycles. The van der Waals surface area contributed by atoms with Gasteiger partial charge in [-0.3, -0.25) is 4.90 Å². The first-order valence-corrected chi connectivity index (χ1v) is 6.49. The van der Waals surface area contributed by atoms with E-state index in [1.54, 1.807) is 0 Å². The van der Waals surface area contributed by atoms with Crippen LogP contribution in [0.15, 0.2) is 0 Å². The Morgan fingerprint density at radius 1 is 1.40 bits per heavy atom. The Kier molecular flexibility index (Phi) is 4.60. The van der Waals surface area contributed by atoms with Crippen molar-refractivity contribution < 1.29 is 0 Å². The highest BCUT2D eigenvalue weighted by atomic mass is 15.2. The van der Waals surface area contributed by atoms with Crippen molar-refractivity contribution in [2.75, 3.05) is 19.6 Å². The lowest BCUT2D eigenvalue weighted by atomic mass is 9.81. The Labute approximate surface area is 95.2 Å². The van der Waals surface area contributed by atoms with Gasteiger partial charge in [0.25, 0.3) is 0 Å². The molecule has 1 rings (SSSR count). The number of hydrogen-bond acceptors (Lipinski definition) is 2. The molecule has 0 amide bonds. The van der Waals surface area contributed by atoms with Gasteiger partial charge in [-0.15, -0.1) is 0 Å². The average molecular weight is 212 g/mol. The summed E-state index contributed by atoms with van der Waals surface area (Å²) in [4.78, 5) is 2.60. The summed E-state index contributed by atoms with van der Waals surface area (Å²) in [5.41, 5.74) is 6.16. The Bertz CT molecular complexity index is 187. The van der Waals surface area contributed by atoms with E-state index < -0.39 is 0 Å². The Balaban J connectivity index is 2.60. The van der Waals surface area contributed by atoms with Gasteiger partial charge in [-0.05, 0) is 38.1 Å². The molecule has 15 heavy (non-hydrogen) atoms. The van der Waals surface area contributed by atoms with E-state index in [0.29, 0.717) is 5.92 Å². The lowest BCUT2D eigenvalue weighted by Crippen LogP contribution is -2.56. The minimum Gasteiger partial charge on any atom is -0.329 e. The van der Waals surface area contributed by atoms with Crippen molar-refractivity contribution in [3.63, 3.8) is 0 Å². The van der Waals surface area contributed by atoms with Gasteiger partial charge in [0.05, 0.1) is 0 Å². The SMILES string of the molecule is CCN(CC1CCC1)C(C)(CN)C(C)C. The Hall–Kier alpha value is -0.0800. The fraction of sp³-hybridized carbons (Fsp3) is 1.00. The summed E-state index contributed by atoms with van der Waals surface area (Å²) in [5, 5.41) is 0. The van der Waals surface area contributed by atoms with E-state index in [4.69, 9.17) is 5.73 Å². The van der Waals surface area contributed by atoms with Crippen LogP contribution >= 0.6 is 0 Å². The lowest BCUT2D eigenvalue weighted by Gasteiger charge is -2.46. The predicted molar refractivity (Wildman–Crippen MR) is 66.9 cm³/mol. The van der Waals surface area contributed by atoms with Crippen LogP contribution in [0.25, 0.3) is 0 Å². The molecule has 1 aliphatic rings. The van der Waals surface area contributed by atoms with Crippen molar-refractivity contribution in [2.45, 2.75) is 52.5 Å². The van der Waals surface area contributed by atoms with E-state index >= 15 is 0 Å². The van der Waals surface area contributed by atoms with Crippen LogP contribution in [-0.2, 0) is 0 Å². The van der Waals surface area contributed by atoms with Gasteiger partial charge in [-0.1, -0.05) is 27.2 Å². The van der Waals surface area contributed by atoms with Crippen LogP contribution in [0.5, 0.6) is 0 Å². The predicted octanol–water partition coefficient (Wildman–Crippen LogP) is 2.48. The molecule has 0 spiro atoms. The molecular formula is C13H28N2. The highest BCUT2D eigenvalue weighted by Crippen LogP contribution is 2.31. The summed E-state index contributed by atoms with van der Waals surface area (Å²) in [6.45, 7) is 12.3. The standard InChI is InChI=1S/C13H28N2/c1-5-15(9-12-7-6-8-12)13(4,10-14)11(2)3/h11-12H,5-10,14H2,1-4H3. The van der Waals surface area contributed by atoms with E-state index in [1.807, 2.05) is 0 Å². The van der Waals surface area contributed by atoms with E-state index in [-0.39, 0.29) is 5.54 Å². The first-order valence-electron chi connectivity index (χ1n) is 6.49. The van der Waals surface area contributed by atoms with E-state index in [2.05, 4.69) is 32.6 Å². The zero-order chi connectivity index (χ0) is 11.5. The van der Waals surface area contributed by atoms with Crippen LogP contribution in [-0.4, -0.2) is 30.1 Å². The van der Waals surface area contributed by atoms with Crippen molar-refractivity contribution in [1.82, 2.24) is 4.90 Å². The molecule has 1 atom stereocenters. The average Bonchev–Trinajstić information content (AvgIpc) is 2.15. The van der Waals surface area contributed by atoms with Crippen molar-refractivity contribution in [1.29, 1.82) is 0 Å². The highest BCUT2D eigenvalue weighted by Gasteiger charge is 2.34. The summed E-state index contributed by atoms with van der Waals surface area (Å²) in [6.07, 6.45) is 4.29. The minimum atomic E-state index is 0.185. The van der Waals surface area contributed by atoms with Crippen LogP contribution in [0.1, 0.15) is 47.0 Å². The topological polar surface area (TPSA) is 29.3 Å². The summed E-state index contributed by atoms with van der Waals surface area (Å²) in [7, 11) is 0. The largest absolute Gasteiger partial charge is 0.329 e. The van der Waals surface area contributed by atoms with Crippen LogP contribution in [0.2, 0.25) is 0 Å². The number of likely N-dealkylation sites (N-methyl/N-ethyl adjacent to an activating group) is 1. The van der Waals surface area contributed by atoms with Gasteiger partial charge < -0.3 is 5.73 Å². The molecule has 0 radical (unpaired) electrons. The zero-order valence-electron chi connectivity index (χ0n) is 10.9. The van der Waals surface area contributed by atoms with E-state index in [9.17, 15) is 0 Å². The van der Waals surface area contributed by atoms with E-state index in [1.165, 1.54) is 25.8 Å². The molecule has 1 saturated carbocycles. The van der Waals surface area contributed by atoms with Gasteiger partial charge >= 0.3 is 0 Å². The van der Waals surface area contributed by atoms with Gasteiger partial charge in [-0.25, -0.2) is 0 Å². The summed E-state index contributed by atoms with van der Waals surface area (Å²) in [5.74, 6) is 1.57. The molecule has 0 bridgehead atoms. The third kappa shape index (κ3) is 2.73. The molecule has 0 aliphatic heterocycles. The summed E-state index contributed by atoms with van der Waals surface area (Å²) in [6, 6.07) is 0. The molecule has 0 aromatic heterocycles. The maximum Gasteiger partial charge on any atom is 0.0326 e. The normalized spacial score (nSPS) is 21.8.